The van der Waals surface area contributed by atoms with Gasteiger partial charge in [0.15, 0.2) is 17.5 Å². The third-order valence-corrected chi connectivity index (χ3v) is 3.10. The highest BCUT2D eigenvalue weighted by atomic mass is 127. The van der Waals surface area contributed by atoms with Crippen LogP contribution in [0.4, 0.5) is 4.39 Å². The van der Waals surface area contributed by atoms with Gasteiger partial charge in [-0.3, -0.25) is 0 Å². The molecule has 0 aliphatic rings. The van der Waals surface area contributed by atoms with Crippen molar-refractivity contribution in [3.05, 3.63) is 54.1 Å². The lowest BCUT2D eigenvalue weighted by Gasteiger charge is -2.11. The van der Waals surface area contributed by atoms with Gasteiger partial charge in [0.25, 0.3) is 0 Å². The smallest absolute Gasteiger partial charge is 0.191 e. The molecular formula is C16H22FIN4O. The Morgan fingerprint density at radius 1 is 1.26 bits per heavy atom. The number of aliphatic imine (C=N–C) groups is 1. The number of benzene rings is 1. The van der Waals surface area contributed by atoms with Gasteiger partial charge in [0.05, 0.1) is 6.54 Å². The minimum atomic E-state index is -0.627. The molecule has 126 valence electrons. The lowest BCUT2D eigenvalue weighted by molar-refractivity contribution is 0.432. The second-order valence-electron chi connectivity index (χ2n) is 4.83. The zero-order valence-corrected chi connectivity index (χ0v) is 15.3. The first-order valence-electron chi connectivity index (χ1n) is 7.29. The molecule has 0 bridgehead atoms. The van der Waals surface area contributed by atoms with Gasteiger partial charge in [0.2, 0.25) is 0 Å². The molecule has 3 N–H and O–H groups in total. The number of phenolic OH excluding ortho intramolecular Hbond substituents is 1. The highest BCUT2D eigenvalue weighted by Crippen LogP contribution is 2.16. The summed E-state index contributed by atoms with van der Waals surface area (Å²) in [5.74, 6) is -0.286. The Morgan fingerprint density at radius 3 is 2.65 bits per heavy atom. The Balaban J connectivity index is 0.00000264. The normalized spacial score (nSPS) is 11.0. The number of phenols is 1. The lowest BCUT2D eigenvalue weighted by atomic mass is 10.2. The summed E-state index contributed by atoms with van der Waals surface area (Å²) < 4.78 is 15.4. The van der Waals surface area contributed by atoms with Crippen molar-refractivity contribution in [1.29, 1.82) is 0 Å². The standard InChI is InChI=1S/C16H21FN4O.HI/c1-2-18-16(19-7-10-21-8-3-4-9-21)20-12-13-5-6-15(22)14(17)11-13;/h3-6,8-9,11,22H,2,7,10,12H2,1H3,(H2,18,19,20);1H. The molecule has 23 heavy (non-hydrogen) atoms. The lowest BCUT2D eigenvalue weighted by Crippen LogP contribution is -2.38. The van der Waals surface area contributed by atoms with Crippen LogP contribution in [-0.4, -0.2) is 28.7 Å². The number of hydrogen-bond donors (Lipinski definition) is 3. The largest absolute Gasteiger partial charge is 0.505 e. The molecule has 0 atom stereocenters. The van der Waals surface area contributed by atoms with Crippen LogP contribution in [0.5, 0.6) is 5.75 Å². The molecule has 0 fully saturated rings. The Kier molecular flexibility index (Phi) is 8.46. The molecule has 0 spiro atoms. The maximum Gasteiger partial charge on any atom is 0.191 e. The van der Waals surface area contributed by atoms with Crippen LogP contribution in [0.15, 0.2) is 47.7 Å². The van der Waals surface area contributed by atoms with Crippen molar-refractivity contribution in [3.63, 3.8) is 0 Å². The van der Waals surface area contributed by atoms with Gasteiger partial charge in [-0.05, 0) is 36.8 Å². The second kappa shape index (κ2) is 10.1. The van der Waals surface area contributed by atoms with Crippen molar-refractivity contribution in [2.45, 2.75) is 20.0 Å². The summed E-state index contributed by atoms with van der Waals surface area (Å²) in [6.07, 6.45) is 4.01. The van der Waals surface area contributed by atoms with E-state index in [1.165, 1.54) is 12.1 Å². The summed E-state index contributed by atoms with van der Waals surface area (Å²) in [5.41, 5.74) is 0.706. The number of hydrogen-bond acceptors (Lipinski definition) is 2. The summed E-state index contributed by atoms with van der Waals surface area (Å²) in [5, 5.41) is 15.5. The van der Waals surface area contributed by atoms with Crippen molar-refractivity contribution in [2.75, 3.05) is 13.1 Å². The van der Waals surface area contributed by atoms with E-state index >= 15 is 0 Å². The quantitative estimate of drug-likeness (QED) is 0.374. The van der Waals surface area contributed by atoms with E-state index in [1.54, 1.807) is 6.07 Å². The van der Waals surface area contributed by atoms with Crippen LogP contribution in [0.1, 0.15) is 12.5 Å². The van der Waals surface area contributed by atoms with Crippen LogP contribution in [0.25, 0.3) is 0 Å². The van der Waals surface area contributed by atoms with Crippen LogP contribution in [0.3, 0.4) is 0 Å². The fourth-order valence-corrected chi connectivity index (χ4v) is 1.98. The number of halogens is 2. The number of aromatic hydroxyl groups is 1. The zero-order chi connectivity index (χ0) is 15.8. The molecule has 2 rings (SSSR count). The maximum absolute atomic E-state index is 13.3. The predicted octanol–water partition coefficient (Wildman–Crippen LogP) is 2.71. The number of aromatic nitrogens is 1. The van der Waals surface area contributed by atoms with E-state index in [-0.39, 0.29) is 29.7 Å². The first kappa shape index (κ1) is 19.3. The zero-order valence-electron chi connectivity index (χ0n) is 13.0. The van der Waals surface area contributed by atoms with E-state index < -0.39 is 5.82 Å². The second-order valence-corrected chi connectivity index (χ2v) is 4.83. The molecular weight excluding hydrogens is 410 g/mol. The van der Waals surface area contributed by atoms with Crippen LogP contribution < -0.4 is 10.6 Å². The van der Waals surface area contributed by atoms with Crippen molar-refractivity contribution >= 4 is 29.9 Å². The van der Waals surface area contributed by atoms with Crippen molar-refractivity contribution < 1.29 is 9.50 Å². The van der Waals surface area contributed by atoms with E-state index in [4.69, 9.17) is 0 Å². The van der Waals surface area contributed by atoms with Gasteiger partial charge in [-0.1, -0.05) is 6.07 Å². The van der Waals surface area contributed by atoms with Crippen LogP contribution in [-0.2, 0) is 13.1 Å². The molecule has 7 heteroatoms. The average Bonchev–Trinajstić information content (AvgIpc) is 3.01. The summed E-state index contributed by atoms with van der Waals surface area (Å²) in [6, 6.07) is 8.26. The Morgan fingerprint density at radius 2 is 2.00 bits per heavy atom. The SMILES string of the molecule is CCNC(=NCc1ccc(O)c(F)c1)NCCn1cccc1.I. The van der Waals surface area contributed by atoms with Crippen molar-refractivity contribution in [2.24, 2.45) is 4.99 Å². The Labute approximate surface area is 152 Å². The van der Waals surface area contributed by atoms with Gasteiger partial charge < -0.3 is 20.3 Å². The maximum atomic E-state index is 13.3. The molecule has 0 saturated heterocycles. The van der Waals surface area contributed by atoms with Gasteiger partial charge in [-0.25, -0.2) is 9.38 Å². The summed E-state index contributed by atoms with van der Waals surface area (Å²) in [7, 11) is 0. The van der Waals surface area contributed by atoms with Gasteiger partial charge in [-0.2, -0.15) is 0 Å². The highest BCUT2D eigenvalue weighted by Gasteiger charge is 2.02. The first-order chi connectivity index (χ1) is 10.7. The molecule has 0 aliphatic carbocycles. The first-order valence-corrected chi connectivity index (χ1v) is 7.29. The van der Waals surface area contributed by atoms with E-state index in [1.807, 2.05) is 31.5 Å². The van der Waals surface area contributed by atoms with Crippen LogP contribution in [0, 0.1) is 5.82 Å². The molecule has 5 nitrogen and oxygen atoms in total. The fourth-order valence-electron chi connectivity index (χ4n) is 1.98. The third kappa shape index (κ3) is 6.47. The van der Waals surface area contributed by atoms with Crippen molar-refractivity contribution in [3.8, 4) is 5.75 Å². The number of nitrogens with one attached hydrogen (secondary N) is 2. The molecule has 0 unspecified atom stereocenters. The molecule has 1 aromatic heterocycles. The monoisotopic (exact) mass is 432 g/mol. The molecule has 2 aromatic rings. The van der Waals surface area contributed by atoms with Crippen molar-refractivity contribution in [1.82, 2.24) is 15.2 Å². The van der Waals surface area contributed by atoms with Crippen LogP contribution >= 0.6 is 24.0 Å². The third-order valence-electron chi connectivity index (χ3n) is 3.10. The Bertz CT molecular complexity index is 617. The summed E-state index contributed by atoms with van der Waals surface area (Å²) in [6.45, 7) is 4.66. The molecule has 0 saturated carbocycles. The van der Waals surface area contributed by atoms with Gasteiger partial charge in [0, 0.05) is 32.0 Å². The van der Waals surface area contributed by atoms with E-state index in [0.717, 1.165) is 19.6 Å². The average molecular weight is 432 g/mol. The predicted molar refractivity (Wildman–Crippen MR) is 101 cm³/mol. The minimum absolute atomic E-state index is 0. The summed E-state index contributed by atoms with van der Waals surface area (Å²) in [4.78, 5) is 4.41. The molecule has 0 aliphatic heterocycles. The Hall–Kier alpha value is -1.77. The number of rotatable bonds is 6. The van der Waals surface area contributed by atoms with Crippen LogP contribution in [0.2, 0.25) is 0 Å². The number of nitrogens with zero attached hydrogens (tertiary/aromatic N) is 2. The fraction of sp³-hybridized carbons (Fsp3) is 0.312. The number of guanidine groups is 1. The van der Waals surface area contributed by atoms with E-state index in [2.05, 4.69) is 20.2 Å². The van der Waals surface area contributed by atoms with Gasteiger partial charge in [-0.15, -0.1) is 24.0 Å². The van der Waals surface area contributed by atoms with Gasteiger partial charge in [0.1, 0.15) is 0 Å². The molecule has 1 aromatic carbocycles. The van der Waals surface area contributed by atoms with E-state index in [0.29, 0.717) is 18.1 Å². The van der Waals surface area contributed by atoms with E-state index in [9.17, 15) is 9.50 Å². The molecule has 1 heterocycles. The molecule has 0 amide bonds. The topological polar surface area (TPSA) is 61.6 Å². The molecule has 0 radical (unpaired) electrons. The minimum Gasteiger partial charge on any atom is -0.505 e. The summed E-state index contributed by atoms with van der Waals surface area (Å²) >= 11 is 0. The van der Waals surface area contributed by atoms with Gasteiger partial charge >= 0.3 is 0 Å². The highest BCUT2D eigenvalue weighted by molar-refractivity contribution is 14.0.